The van der Waals surface area contributed by atoms with Crippen molar-refractivity contribution in [3.8, 4) is 11.5 Å². The number of likely N-dealkylation sites (tertiary alicyclic amines) is 2. The molecule has 0 aliphatic carbocycles. The van der Waals surface area contributed by atoms with Gasteiger partial charge in [-0.25, -0.2) is 9.59 Å². The van der Waals surface area contributed by atoms with Crippen molar-refractivity contribution in [2.75, 3.05) is 42.5 Å². The van der Waals surface area contributed by atoms with Gasteiger partial charge in [-0.2, -0.15) is 26.3 Å². The van der Waals surface area contributed by atoms with Crippen LogP contribution in [0.4, 0.5) is 47.3 Å². The molecule has 2 aliphatic rings. The van der Waals surface area contributed by atoms with Crippen molar-refractivity contribution < 1.29 is 69.0 Å². The first-order chi connectivity index (χ1) is 36.1. The Balaban J connectivity index is 0.000000250. The number of halogens is 6. The third-order valence-corrected chi connectivity index (χ3v) is 12.2. The molecule has 7 rings (SSSR count). The van der Waals surface area contributed by atoms with Gasteiger partial charge in [0, 0.05) is 60.5 Å². The third-order valence-electron chi connectivity index (χ3n) is 12.2. The zero-order valence-electron chi connectivity index (χ0n) is 43.5. The number of nitrogens with zero attached hydrogens (tertiary/aromatic N) is 6. The Bertz CT molecular complexity index is 2800. The van der Waals surface area contributed by atoms with E-state index in [1.165, 1.54) is 12.1 Å². The van der Waals surface area contributed by atoms with E-state index in [4.69, 9.17) is 13.9 Å². The quantitative estimate of drug-likeness (QED) is 0.0926. The standard InChI is InChI=1S/C28H32F3N3O5.C27H29F3N4O4/c1-27(2,3)39-26(38)33-15-13-21(14-16-33)24(36)34(22-7-5-4-6-8-22)18-19-9-11-20(12-10-19)23(35)17-32-25(37)28(29,30)31;1-26(2,3)38-25(36)33-15-13-20(14-16-33)23(35)34(21-7-5-4-6-8-21)17-18-9-11-19(12-10-18)22-31-32-24(37-22)27(28,29)30/h4-12,21H,13-18H2,1-3H3,(H,32,37);4-12,20H,13-17H2,1-3H3. The molecule has 3 heterocycles. The molecule has 1 N–H and O–H groups in total. The lowest BCUT2D eigenvalue weighted by Crippen LogP contribution is -2.45. The molecule has 0 saturated carbocycles. The van der Waals surface area contributed by atoms with Crippen LogP contribution in [-0.4, -0.2) is 106 Å². The predicted octanol–water partition coefficient (Wildman–Crippen LogP) is 10.7. The number of aromatic nitrogens is 2. The van der Waals surface area contributed by atoms with Crippen molar-refractivity contribution in [3.05, 3.63) is 132 Å². The van der Waals surface area contributed by atoms with Gasteiger partial charge in [0.15, 0.2) is 5.78 Å². The van der Waals surface area contributed by atoms with Gasteiger partial charge < -0.3 is 38.8 Å². The first kappa shape index (κ1) is 58.5. The number of piperidine rings is 2. The average Bonchev–Trinajstić information content (AvgIpc) is 3.91. The first-order valence-corrected chi connectivity index (χ1v) is 24.8. The molecule has 2 aliphatic heterocycles. The second-order valence-electron chi connectivity index (χ2n) is 20.4. The fourth-order valence-electron chi connectivity index (χ4n) is 8.25. The van der Waals surface area contributed by atoms with Gasteiger partial charge in [0.1, 0.15) is 11.2 Å². The van der Waals surface area contributed by atoms with Crippen molar-refractivity contribution >= 4 is 47.1 Å². The van der Waals surface area contributed by atoms with Crippen LogP contribution in [-0.2, 0) is 43.1 Å². The summed E-state index contributed by atoms with van der Waals surface area (Å²) in [5.74, 6) is -5.23. The van der Waals surface area contributed by atoms with Crippen LogP contribution < -0.4 is 15.1 Å². The number of carbonyl (C=O) groups is 6. The van der Waals surface area contributed by atoms with Crippen molar-refractivity contribution in [3.63, 3.8) is 0 Å². The van der Waals surface area contributed by atoms with Gasteiger partial charge in [-0.3, -0.25) is 19.2 Å². The number of para-hydroxylation sites is 2. The summed E-state index contributed by atoms with van der Waals surface area (Å²) in [6.07, 6.45) is -8.57. The molecule has 0 radical (unpaired) electrons. The zero-order valence-corrected chi connectivity index (χ0v) is 43.5. The number of hydrogen-bond donors (Lipinski definition) is 1. The maximum atomic E-state index is 13.6. The van der Waals surface area contributed by atoms with Crippen LogP contribution >= 0.6 is 0 Å². The smallest absolute Gasteiger partial charge is 0.444 e. The number of alkyl halides is 6. The minimum absolute atomic E-state index is 0.0594. The van der Waals surface area contributed by atoms with Crippen LogP contribution in [0.1, 0.15) is 94.6 Å². The number of benzene rings is 4. The van der Waals surface area contributed by atoms with E-state index in [9.17, 15) is 55.1 Å². The molecule has 77 heavy (non-hydrogen) atoms. The molecule has 2 fully saturated rings. The molecule has 5 amide bonds. The molecular formula is C55H61F6N7O9. The molecule has 2 saturated heterocycles. The lowest BCUT2D eigenvalue weighted by molar-refractivity contribution is -0.173. The molecule has 0 spiro atoms. The second-order valence-corrected chi connectivity index (χ2v) is 20.4. The number of amides is 5. The topological polar surface area (TPSA) is 185 Å². The third kappa shape index (κ3) is 17.1. The summed E-state index contributed by atoms with van der Waals surface area (Å²) in [6, 6.07) is 31.1. The lowest BCUT2D eigenvalue weighted by Gasteiger charge is -2.35. The highest BCUT2D eigenvalue weighted by Gasteiger charge is 2.40. The summed E-state index contributed by atoms with van der Waals surface area (Å²) in [5.41, 5.74) is 2.16. The highest BCUT2D eigenvalue weighted by molar-refractivity contribution is 6.00. The molecule has 0 atom stereocenters. The summed E-state index contributed by atoms with van der Waals surface area (Å²) >= 11 is 0. The molecule has 0 bridgehead atoms. The van der Waals surface area contributed by atoms with Crippen LogP contribution in [0, 0.1) is 11.8 Å². The fourth-order valence-corrected chi connectivity index (χ4v) is 8.25. The Morgan fingerprint density at radius 2 is 0.987 bits per heavy atom. The summed E-state index contributed by atoms with van der Waals surface area (Å²) in [7, 11) is 0. The number of rotatable bonds is 12. The number of hydrogen-bond acceptors (Lipinski definition) is 11. The van der Waals surface area contributed by atoms with E-state index in [1.54, 1.807) is 82.1 Å². The summed E-state index contributed by atoms with van der Waals surface area (Å²) in [5, 5.41) is 8.10. The van der Waals surface area contributed by atoms with E-state index < -0.39 is 53.8 Å². The van der Waals surface area contributed by atoms with Crippen molar-refractivity contribution in [1.29, 1.82) is 0 Å². The largest absolute Gasteiger partial charge is 0.471 e. The molecule has 16 nitrogen and oxygen atoms in total. The molecule has 5 aromatic rings. The average molecular weight is 1080 g/mol. The summed E-state index contributed by atoms with van der Waals surface area (Å²) in [6.45, 7) is 12.2. The fraction of sp³-hybridized carbons (Fsp3) is 0.418. The Hall–Kier alpha value is -7.78. The number of ether oxygens (including phenoxy) is 2. The minimum atomic E-state index is -5.07. The van der Waals surface area contributed by atoms with Crippen molar-refractivity contribution in [2.24, 2.45) is 11.8 Å². The van der Waals surface area contributed by atoms with Gasteiger partial charge in [0.2, 0.25) is 17.7 Å². The van der Waals surface area contributed by atoms with E-state index in [1.807, 2.05) is 81.4 Å². The number of Topliss-reactive ketones (excluding diaryl/α,β-unsaturated/α-hetero) is 1. The van der Waals surface area contributed by atoms with E-state index in [0.29, 0.717) is 68.7 Å². The van der Waals surface area contributed by atoms with Crippen LogP contribution in [0.25, 0.3) is 11.5 Å². The Labute approximate surface area is 441 Å². The van der Waals surface area contributed by atoms with Gasteiger partial charge in [-0.15, -0.1) is 10.2 Å². The van der Waals surface area contributed by atoms with E-state index in [0.717, 1.165) is 11.3 Å². The Morgan fingerprint density at radius 3 is 1.35 bits per heavy atom. The van der Waals surface area contributed by atoms with E-state index in [2.05, 4.69) is 10.2 Å². The monoisotopic (exact) mass is 1080 g/mol. The van der Waals surface area contributed by atoms with Crippen LogP contribution in [0.5, 0.6) is 0 Å². The molecule has 0 unspecified atom stereocenters. The Kier molecular flexibility index (Phi) is 18.9. The molecule has 412 valence electrons. The first-order valence-electron chi connectivity index (χ1n) is 24.8. The van der Waals surface area contributed by atoms with Gasteiger partial charge in [0.25, 0.3) is 0 Å². The van der Waals surface area contributed by atoms with Crippen molar-refractivity contribution in [2.45, 2.75) is 104 Å². The SMILES string of the molecule is CC(C)(C)OC(=O)N1CCC(C(=O)N(Cc2ccc(-c3nnc(C(F)(F)F)o3)cc2)c2ccccc2)CC1.CC(C)(C)OC(=O)N1CCC(C(=O)N(Cc2ccc(C(=O)CNC(=O)C(F)(F)F)cc2)c2ccccc2)CC1. The number of ketones is 1. The van der Waals surface area contributed by atoms with Gasteiger partial charge >= 0.3 is 36.3 Å². The zero-order chi connectivity index (χ0) is 56.3. The predicted molar refractivity (Wildman–Crippen MR) is 271 cm³/mol. The van der Waals surface area contributed by atoms with Crippen LogP contribution in [0.2, 0.25) is 0 Å². The van der Waals surface area contributed by atoms with Crippen molar-refractivity contribution in [1.82, 2.24) is 25.3 Å². The molecular weight excluding hydrogens is 1020 g/mol. The van der Waals surface area contributed by atoms with Gasteiger partial charge in [-0.1, -0.05) is 72.8 Å². The van der Waals surface area contributed by atoms with Crippen LogP contribution in [0.15, 0.2) is 114 Å². The normalized spacial score (nSPS) is 14.6. The highest BCUT2D eigenvalue weighted by atomic mass is 19.4. The lowest BCUT2D eigenvalue weighted by atomic mass is 9.95. The maximum absolute atomic E-state index is 13.6. The second kappa shape index (κ2) is 24.9. The molecule has 22 heteroatoms. The maximum Gasteiger partial charge on any atom is 0.471 e. The minimum Gasteiger partial charge on any atom is -0.444 e. The highest BCUT2D eigenvalue weighted by Crippen LogP contribution is 2.32. The van der Waals surface area contributed by atoms with E-state index >= 15 is 0 Å². The van der Waals surface area contributed by atoms with Gasteiger partial charge in [0.05, 0.1) is 19.6 Å². The molecule has 4 aromatic carbocycles. The van der Waals surface area contributed by atoms with Crippen LogP contribution in [0.3, 0.4) is 0 Å². The number of nitrogens with one attached hydrogen (secondary N) is 1. The van der Waals surface area contributed by atoms with Gasteiger partial charge in [-0.05, 0) is 115 Å². The summed E-state index contributed by atoms with van der Waals surface area (Å²) in [4.78, 5) is 81.8. The number of anilines is 2. The summed E-state index contributed by atoms with van der Waals surface area (Å²) < 4.78 is 91.0. The molecule has 1 aromatic heterocycles. The van der Waals surface area contributed by atoms with E-state index in [-0.39, 0.29) is 54.3 Å². The Morgan fingerprint density at radius 1 is 0.584 bits per heavy atom. The number of carbonyl (C=O) groups excluding carboxylic acids is 6.